The molecule has 1 unspecified atom stereocenters. The first-order valence-corrected chi connectivity index (χ1v) is 11.0. The fourth-order valence-electron chi connectivity index (χ4n) is 4.07. The van der Waals surface area contributed by atoms with E-state index in [2.05, 4.69) is 20.0 Å². The summed E-state index contributed by atoms with van der Waals surface area (Å²) in [5.41, 5.74) is 2.54. The molecule has 0 radical (unpaired) electrons. The maximum Gasteiger partial charge on any atom is 0.573 e. The van der Waals surface area contributed by atoms with Crippen molar-refractivity contribution in [3.05, 3.63) is 78.3 Å². The van der Waals surface area contributed by atoms with Crippen molar-refractivity contribution in [2.75, 3.05) is 5.32 Å². The Bertz CT molecular complexity index is 1440. The van der Waals surface area contributed by atoms with Crippen LogP contribution in [0.15, 0.2) is 76.3 Å². The Hall–Kier alpha value is -4.14. The third-order valence-corrected chi connectivity index (χ3v) is 5.67. The molecular weight excluding hydrogens is 457 g/mol. The molecule has 9 heteroatoms. The number of ether oxygens (including phenoxy) is 1. The Morgan fingerprint density at radius 3 is 2.60 bits per heavy atom. The standard InChI is InChI=1S/C26H21F3N4O2/c1-3-19-18(20-12-7-13-34-20)14-22(30-19)31-25-17-10-6-8-15(2)23(17)32-24(33-25)16-9-4-5-11-21(16)35-26(27,28)29/h4-14,19H,3H2,1-2H3,(H,30,31,32,33). The molecule has 178 valence electrons. The molecule has 0 saturated carbocycles. The van der Waals surface area contributed by atoms with Gasteiger partial charge in [0.1, 0.15) is 23.2 Å². The predicted octanol–water partition coefficient (Wildman–Crippen LogP) is 6.78. The highest BCUT2D eigenvalue weighted by atomic mass is 19.4. The van der Waals surface area contributed by atoms with Crippen LogP contribution in [0.4, 0.5) is 19.0 Å². The van der Waals surface area contributed by atoms with Crippen LogP contribution >= 0.6 is 0 Å². The van der Waals surface area contributed by atoms with Crippen LogP contribution in [0.3, 0.4) is 0 Å². The number of para-hydroxylation sites is 2. The Labute approximate surface area is 199 Å². The fourth-order valence-corrected chi connectivity index (χ4v) is 4.07. The van der Waals surface area contributed by atoms with Gasteiger partial charge in [0.2, 0.25) is 0 Å². The van der Waals surface area contributed by atoms with E-state index in [0.717, 1.165) is 28.7 Å². The first-order chi connectivity index (χ1) is 16.8. The lowest BCUT2D eigenvalue weighted by Crippen LogP contribution is -2.18. The van der Waals surface area contributed by atoms with Crippen LogP contribution in [0.25, 0.3) is 27.9 Å². The van der Waals surface area contributed by atoms with Crippen molar-refractivity contribution in [2.45, 2.75) is 32.7 Å². The summed E-state index contributed by atoms with van der Waals surface area (Å²) in [4.78, 5) is 13.9. The van der Waals surface area contributed by atoms with E-state index < -0.39 is 6.36 Å². The van der Waals surface area contributed by atoms with Crippen LogP contribution in [-0.2, 0) is 0 Å². The molecule has 1 aliphatic heterocycles. The molecule has 0 spiro atoms. The van der Waals surface area contributed by atoms with Gasteiger partial charge in [-0.15, -0.1) is 13.2 Å². The zero-order chi connectivity index (χ0) is 24.6. The number of benzene rings is 2. The normalized spacial score (nSPS) is 15.7. The average Bonchev–Trinajstić information content (AvgIpc) is 3.48. The maximum absolute atomic E-state index is 13.0. The number of hydrogen-bond acceptors (Lipinski definition) is 6. The molecular formula is C26H21F3N4O2. The zero-order valence-corrected chi connectivity index (χ0v) is 18.9. The third-order valence-electron chi connectivity index (χ3n) is 5.67. The summed E-state index contributed by atoms with van der Waals surface area (Å²) in [5.74, 6) is 1.48. The molecule has 0 amide bonds. The molecule has 0 bridgehead atoms. The van der Waals surface area contributed by atoms with Gasteiger partial charge < -0.3 is 14.5 Å². The minimum atomic E-state index is -4.84. The lowest BCUT2D eigenvalue weighted by molar-refractivity contribution is -0.274. The van der Waals surface area contributed by atoms with Crippen LogP contribution < -0.4 is 10.1 Å². The summed E-state index contributed by atoms with van der Waals surface area (Å²) in [6, 6.07) is 15.1. The van der Waals surface area contributed by atoms with E-state index in [-0.39, 0.29) is 23.2 Å². The number of fused-ring (bicyclic) bond motifs is 1. The predicted molar refractivity (Wildman–Crippen MR) is 128 cm³/mol. The highest BCUT2D eigenvalue weighted by Gasteiger charge is 2.32. The van der Waals surface area contributed by atoms with Crippen molar-refractivity contribution in [3.63, 3.8) is 0 Å². The Balaban J connectivity index is 1.61. The van der Waals surface area contributed by atoms with Crippen molar-refractivity contribution < 1.29 is 22.3 Å². The van der Waals surface area contributed by atoms with Crippen LogP contribution in [0.2, 0.25) is 0 Å². The lowest BCUT2D eigenvalue weighted by atomic mass is 10.0. The second-order valence-corrected chi connectivity index (χ2v) is 8.05. The number of nitrogens with one attached hydrogen (secondary N) is 1. The number of halogens is 3. The third kappa shape index (κ3) is 4.62. The minimum absolute atomic E-state index is 0.0844. The number of hydrogen-bond donors (Lipinski definition) is 1. The van der Waals surface area contributed by atoms with Crippen molar-refractivity contribution in [1.82, 2.24) is 9.97 Å². The van der Waals surface area contributed by atoms with Crippen LogP contribution in [-0.4, -0.2) is 28.2 Å². The zero-order valence-electron chi connectivity index (χ0n) is 18.9. The minimum Gasteiger partial charge on any atom is -0.465 e. The number of furan rings is 1. The Kier molecular flexibility index (Phi) is 5.76. The van der Waals surface area contributed by atoms with Crippen molar-refractivity contribution in [3.8, 4) is 17.1 Å². The van der Waals surface area contributed by atoms with Gasteiger partial charge in [0.15, 0.2) is 5.82 Å². The average molecular weight is 478 g/mol. The summed E-state index contributed by atoms with van der Waals surface area (Å²) in [6.45, 7) is 3.92. The number of aliphatic imine (C=N–C) groups is 1. The molecule has 4 aromatic rings. The number of rotatable bonds is 5. The summed E-state index contributed by atoms with van der Waals surface area (Å²) in [6.07, 6.45) is -0.557. The number of amidine groups is 1. The number of anilines is 1. The molecule has 5 rings (SSSR count). The van der Waals surface area contributed by atoms with Crippen molar-refractivity contribution in [1.29, 1.82) is 0 Å². The molecule has 0 aliphatic carbocycles. The highest BCUT2D eigenvalue weighted by Crippen LogP contribution is 2.35. The van der Waals surface area contributed by atoms with Crippen LogP contribution in [0.1, 0.15) is 24.7 Å². The van der Waals surface area contributed by atoms with Crippen molar-refractivity contribution >= 4 is 28.1 Å². The summed E-state index contributed by atoms with van der Waals surface area (Å²) in [5, 5.41) is 3.98. The second-order valence-electron chi connectivity index (χ2n) is 8.05. The van der Waals surface area contributed by atoms with Gasteiger partial charge in [-0.1, -0.05) is 31.2 Å². The van der Waals surface area contributed by atoms with E-state index in [1.54, 1.807) is 12.3 Å². The molecule has 2 aromatic carbocycles. The van der Waals surface area contributed by atoms with Gasteiger partial charge >= 0.3 is 6.36 Å². The Morgan fingerprint density at radius 2 is 1.86 bits per heavy atom. The number of aryl methyl sites for hydroxylation is 1. The van der Waals surface area contributed by atoms with E-state index >= 15 is 0 Å². The number of nitrogens with zero attached hydrogens (tertiary/aromatic N) is 3. The van der Waals surface area contributed by atoms with Gasteiger partial charge in [-0.2, -0.15) is 0 Å². The van der Waals surface area contributed by atoms with Gasteiger partial charge in [-0.25, -0.2) is 9.97 Å². The van der Waals surface area contributed by atoms with E-state index in [0.29, 0.717) is 17.2 Å². The Morgan fingerprint density at radius 1 is 1.03 bits per heavy atom. The molecule has 3 heterocycles. The van der Waals surface area contributed by atoms with Crippen LogP contribution in [0.5, 0.6) is 5.75 Å². The summed E-state index contributed by atoms with van der Waals surface area (Å²) in [7, 11) is 0. The molecule has 35 heavy (non-hydrogen) atoms. The smallest absolute Gasteiger partial charge is 0.465 e. The summed E-state index contributed by atoms with van der Waals surface area (Å²) < 4.78 is 48.9. The first kappa shape index (κ1) is 22.6. The van der Waals surface area contributed by atoms with Gasteiger partial charge in [0, 0.05) is 11.0 Å². The number of aromatic nitrogens is 2. The summed E-state index contributed by atoms with van der Waals surface area (Å²) >= 11 is 0. The molecule has 1 atom stereocenters. The molecule has 0 fully saturated rings. The van der Waals surface area contributed by atoms with Gasteiger partial charge in [0.05, 0.1) is 23.4 Å². The molecule has 1 N–H and O–H groups in total. The molecule has 2 aromatic heterocycles. The van der Waals surface area contributed by atoms with Crippen LogP contribution in [0, 0.1) is 6.92 Å². The molecule has 0 saturated heterocycles. The van der Waals surface area contributed by atoms with Gasteiger partial charge in [-0.05, 0) is 55.3 Å². The first-order valence-electron chi connectivity index (χ1n) is 11.0. The van der Waals surface area contributed by atoms with E-state index in [4.69, 9.17) is 9.41 Å². The molecule has 1 aliphatic rings. The lowest BCUT2D eigenvalue weighted by Gasteiger charge is -2.15. The SMILES string of the molecule is CCC1N=C(Nc2nc(-c3ccccc3OC(F)(F)F)nc3c(C)cccc23)C=C1c1ccco1. The topological polar surface area (TPSA) is 72.5 Å². The number of alkyl halides is 3. The fraction of sp³-hybridized carbons (Fsp3) is 0.192. The largest absolute Gasteiger partial charge is 0.573 e. The van der Waals surface area contributed by atoms with E-state index in [1.165, 1.54) is 18.2 Å². The van der Waals surface area contributed by atoms with Gasteiger partial charge in [0.25, 0.3) is 0 Å². The maximum atomic E-state index is 13.0. The van der Waals surface area contributed by atoms with Gasteiger partial charge in [-0.3, -0.25) is 4.99 Å². The second kappa shape index (κ2) is 8.90. The van der Waals surface area contributed by atoms with E-state index in [9.17, 15) is 13.2 Å². The monoisotopic (exact) mass is 478 g/mol. The molecule has 6 nitrogen and oxygen atoms in total. The van der Waals surface area contributed by atoms with E-state index in [1.807, 2.05) is 50.3 Å². The quantitative estimate of drug-likeness (QED) is 0.342. The highest BCUT2D eigenvalue weighted by molar-refractivity contribution is 6.13. The van der Waals surface area contributed by atoms with Crippen molar-refractivity contribution in [2.24, 2.45) is 4.99 Å².